The summed E-state index contributed by atoms with van der Waals surface area (Å²) in [7, 11) is 2.13. The molecule has 0 aliphatic rings. The minimum absolute atomic E-state index is 0. The largest absolute Gasteiger partial charge is 1.00 e. The summed E-state index contributed by atoms with van der Waals surface area (Å²) < 4.78 is 2.22. The lowest BCUT2D eigenvalue weighted by atomic mass is 10.0. The highest BCUT2D eigenvalue weighted by molar-refractivity contribution is 5.24. The van der Waals surface area contributed by atoms with E-state index in [1.54, 1.807) is 5.56 Å². The second-order valence-corrected chi connectivity index (χ2v) is 7.30. The fourth-order valence-electron chi connectivity index (χ4n) is 3.36. The van der Waals surface area contributed by atoms with Gasteiger partial charge in [0.1, 0.15) is 7.05 Å². The Bertz CT molecular complexity index is 428. The molecule has 1 aromatic heterocycles. The van der Waals surface area contributed by atoms with Crippen LogP contribution in [0.1, 0.15) is 101 Å². The molecule has 0 aromatic carbocycles. The summed E-state index contributed by atoms with van der Waals surface area (Å²) in [6.45, 7) is 6.78. The second-order valence-electron chi connectivity index (χ2n) is 7.30. The van der Waals surface area contributed by atoms with Crippen LogP contribution in [0.4, 0.5) is 0 Å². The molecule has 2 heteroatoms. The van der Waals surface area contributed by atoms with Gasteiger partial charge in [0.25, 0.3) is 0 Å². The molecule has 0 fully saturated rings. The molecule has 0 bridgehead atoms. The first-order valence-corrected chi connectivity index (χ1v) is 10.1. The molecule has 0 saturated heterocycles. The van der Waals surface area contributed by atoms with Gasteiger partial charge in [-0.15, -0.1) is 0 Å². The van der Waals surface area contributed by atoms with Crippen molar-refractivity contribution in [2.75, 3.05) is 0 Å². The van der Waals surface area contributed by atoms with Gasteiger partial charge in [0.05, 0.1) is 0 Å². The van der Waals surface area contributed by atoms with Crippen LogP contribution < -0.4 is 21.5 Å². The molecule has 0 amide bonds. The standard InChI is InChI=1S/C22H40N.BrH/c1-5-6-7-8-9-10-11-12-13-14-15-16-17-22-18-19-23(4)21(3)20(22)2;/h18-19H,5-17H2,1-4H3;1H/q+1;/p-1. The number of halogens is 1. The van der Waals surface area contributed by atoms with Crippen LogP contribution in [0.3, 0.4) is 0 Å². The molecule has 0 saturated carbocycles. The number of hydrogen-bond acceptors (Lipinski definition) is 0. The number of pyridine rings is 1. The molecule has 0 unspecified atom stereocenters. The fourth-order valence-corrected chi connectivity index (χ4v) is 3.36. The van der Waals surface area contributed by atoms with Crippen molar-refractivity contribution in [3.05, 3.63) is 29.1 Å². The van der Waals surface area contributed by atoms with Crippen LogP contribution in [-0.2, 0) is 13.5 Å². The molecular formula is C22H40BrN. The van der Waals surface area contributed by atoms with Crippen LogP contribution in [0, 0.1) is 13.8 Å². The molecule has 24 heavy (non-hydrogen) atoms. The van der Waals surface area contributed by atoms with Crippen LogP contribution >= 0.6 is 0 Å². The van der Waals surface area contributed by atoms with Crippen molar-refractivity contribution in [3.63, 3.8) is 0 Å². The maximum atomic E-state index is 2.31. The van der Waals surface area contributed by atoms with Crippen molar-refractivity contribution in [1.29, 1.82) is 0 Å². The number of unbranched alkanes of at least 4 members (excludes halogenated alkanes) is 11. The van der Waals surface area contributed by atoms with E-state index in [1.165, 1.54) is 94.7 Å². The summed E-state index contributed by atoms with van der Waals surface area (Å²) in [6, 6.07) is 2.31. The lowest BCUT2D eigenvalue weighted by molar-refractivity contribution is -0.678. The Morgan fingerprint density at radius 3 is 1.71 bits per heavy atom. The van der Waals surface area contributed by atoms with Gasteiger partial charge in [-0.3, -0.25) is 0 Å². The molecule has 0 aliphatic carbocycles. The van der Waals surface area contributed by atoms with Crippen molar-refractivity contribution in [2.24, 2.45) is 7.05 Å². The van der Waals surface area contributed by atoms with Crippen LogP contribution in [0.5, 0.6) is 0 Å². The molecule has 0 N–H and O–H groups in total. The minimum Gasteiger partial charge on any atom is -1.00 e. The van der Waals surface area contributed by atoms with Crippen molar-refractivity contribution < 1.29 is 21.5 Å². The zero-order chi connectivity index (χ0) is 16.9. The first kappa shape index (κ1) is 23.6. The average molecular weight is 398 g/mol. The van der Waals surface area contributed by atoms with Crippen molar-refractivity contribution in [2.45, 2.75) is 104 Å². The molecule has 0 atom stereocenters. The third kappa shape index (κ3) is 9.81. The summed E-state index contributed by atoms with van der Waals surface area (Å²) in [5.41, 5.74) is 4.44. The van der Waals surface area contributed by atoms with Crippen LogP contribution in [0.25, 0.3) is 0 Å². The Hall–Kier alpha value is -0.370. The predicted octanol–water partition coefficient (Wildman–Crippen LogP) is 3.38. The lowest BCUT2D eigenvalue weighted by Gasteiger charge is -2.07. The molecule has 0 aliphatic heterocycles. The summed E-state index contributed by atoms with van der Waals surface area (Å²) in [6.07, 6.45) is 20.6. The van der Waals surface area contributed by atoms with Gasteiger partial charge in [0.15, 0.2) is 11.9 Å². The molecule has 1 heterocycles. The topological polar surface area (TPSA) is 3.88 Å². The van der Waals surface area contributed by atoms with Crippen LogP contribution in [-0.4, -0.2) is 0 Å². The molecule has 140 valence electrons. The number of aryl methyl sites for hydroxylation is 2. The fraction of sp³-hybridized carbons (Fsp3) is 0.773. The molecular weight excluding hydrogens is 358 g/mol. The number of aromatic nitrogens is 1. The molecule has 1 aromatic rings. The third-order valence-electron chi connectivity index (χ3n) is 5.35. The number of hydrogen-bond donors (Lipinski definition) is 0. The monoisotopic (exact) mass is 397 g/mol. The highest BCUT2D eigenvalue weighted by atomic mass is 79.9. The lowest BCUT2D eigenvalue weighted by Crippen LogP contribution is -3.00. The normalized spacial score (nSPS) is 10.7. The van der Waals surface area contributed by atoms with E-state index in [-0.39, 0.29) is 17.0 Å². The Labute approximate surface area is 162 Å². The highest BCUT2D eigenvalue weighted by Crippen LogP contribution is 2.15. The van der Waals surface area contributed by atoms with Gasteiger partial charge in [0, 0.05) is 18.6 Å². The van der Waals surface area contributed by atoms with E-state index in [2.05, 4.69) is 44.6 Å². The first-order valence-electron chi connectivity index (χ1n) is 10.1. The summed E-state index contributed by atoms with van der Waals surface area (Å²) in [4.78, 5) is 0. The van der Waals surface area contributed by atoms with E-state index in [0.717, 1.165) is 0 Å². The SMILES string of the molecule is CCCCCCCCCCCCCCc1cc[n+](C)c(C)c1C.[Br-]. The molecule has 1 nitrogen and oxygen atoms in total. The Balaban J connectivity index is 0.00000529. The van der Waals surface area contributed by atoms with Crippen molar-refractivity contribution >= 4 is 0 Å². The van der Waals surface area contributed by atoms with E-state index in [4.69, 9.17) is 0 Å². The van der Waals surface area contributed by atoms with Crippen molar-refractivity contribution in [3.8, 4) is 0 Å². The maximum absolute atomic E-state index is 2.31. The van der Waals surface area contributed by atoms with Gasteiger partial charge in [0.2, 0.25) is 0 Å². The van der Waals surface area contributed by atoms with Gasteiger partial charge in [-0.2, -0.15) is 0 Å². The molecule has 0 spiro atoms. The summed E-state index contributed by atoms with van der Waals surface area (Å²) in [5.74, 6) is 0. The minimum atomic E-state index is 0. The van der Waals surface area contributed by atoms with E-state index < -0.39 is 0 Å². The number of rotatable bonds is 13. The van der Waals surface area contributed by atoms with Crippen LogP contribution in [0.2, 0.25) is 0 Å². The van der Waals surface area contributed by atoms with E-state index in [9.17, 15) is 0 Å². The Morgan fingerprint density at radius 1 is 0.750 bits per heavy atom. The highest BCUT2D eigenvalue weighted by Gasteiger charge is 2.08. The van der Waals surface area contributed by atoms with E-state index in [0.29, 0.717) is 0 Å². The molecule has 1 rings (SSSR count). The van der Waals surface area contributed by atoms with Gasteiger partial charge < -0.3 is 17.0 Å². The van der Waals surface area contributed by atoms with Gasteiger partial charge in [-0.25, -0.2) is 4.57 Å². The maximum Gasteiger partial charge on any atom is 0.181 e. The third-order valence-corrected chi connectivity index (χ3v) is 5.35. The van der Waals surface area contributed by atoms with Gasteiger partial charge in [-0.05, 0) is 25.3 Å². The zero-order valence-corrected chi connectivity index (χ0v) is 18.3. The average Bonchev–Trinajstić information content (AvgIpc) is 2.55. The summed E-state index contributed by atoms with van der Waals surface area (Å²) >= 11 is 0. The quantitative estimate of drug-likeness (QED) is 0.354. The zero-order valence-electron chi connectivity index (χ0n) is 16.7. The Kier molecular flexibility index (Phi) is 14.7. The van der Waals surface area contributed by atoms with E-state index in [1.807, 2.05) is 0 Å². The number of nitrogens with zero attached hydrogens (tertiary/aromatic N) is 1. The molecule has 0 radical (unpaired) electrons. The van der Waals surface area contributed by atoms with Gasteiger partial charge >= 0.3 is 0 Å². The second kappa shape index (κ2) is 14.9. The smallest absolute Gasteiger partial charge is 0.181 e. The van der Waals surface area contributed by atoms with Crippen LogP contribution in [0.15, 0.2) is 12.3 Å². The predicted molar refractivity (Wildman–Crippen MR) is 102 cm³/mol. The van der Waals surface area contributed by atoms with Gasteiger partial charge in [-0.1, -0.05) is 77.6 Å². The van der Waals surface area contributed by atoms with E-state index >= 15 is 0 Å². The van der Waals surface area contributed by atoms with Crippen molar-refractivity contribution in [1.82, 2.24) is 0 Å². The summed E-state index contributed by atoms with van der Waals surface area (Å²) in [5, 5.41) is 0. The Morgan fingerprint density at radius 2 is 1.21 bits per heavy atom. The first-order chi connectivity index (χ1) is 11.2.